The smallest absolute Gasteiger partial charge is 0.278 e. The average molecular weight is 352 g/mol. The van der Waals surface area contributed by atoms with Crippen molar-refractivity contribution >= 4 is 29.1 Å². The van der Waals surface area contributed by atoms with Gasteiger partial charge in [-0.3, -0.25) is 4.79 Å². The van der Waals surface area contributed by atoms with E-state index in [1.165, 1.54) is 0 Å². The average Bonchev–Trinajstić information content (AvgIpc) is 2.57. The number of quaternary nitrogens is 1. The Balaban J connectivity index is 1.92. The summed E-state index contributed by atoms with van der Waals surface area (Å²) in [4.78, 5) is 13.4. The molecule has 2 atom stereocenters. The number of carbonyl (C=O) groups is 1. The first-order valence-electron chi connectivity index (χ1n) is 7.56. The summed E-state index contributed by atoms with van der Waals surface area (Å²) in [5, 5.41) is 4.07. The van der Waals surface area contributed by atoms with E-state index >= 15 is 0 Å². The summed E-state index contributed by atoms with van der Waals surface area (Å²) >= 11 is 12.3. The molecule has 0 spiro atoms. The van der Waals surface area contributed by atoms with Crippen LogP contribution in [-0.2, 0) is 17.9 Å². The summed E-state index contributed by atoms with van der Waals surface area (Å²) in [6, 6.07) is 15.3. The number of hydrogen-bond donors (Lipinski definition) is 2. The van der Waals surface area contributed by atoms with E-state index in [1.54, 1.807) is 6.07 Å². The van der Waals surface area contributed by atoms with Gasteiger partial charge in [0, 0.05) is 12.1 Å². The zero-order chi connectivity index (χ0) is 16.8. The summed E-state index contributed by atoms with van der Waals surface area (Å²) in [7, 11) is 1.98. The van der Waals surface area contributed by atoms with Crippen molar-refractivity contribution in [2.24, 2.45) is 0 Å². The van der Waals surface area contributed by atoms with Gasteiger partial charge in [0.2, 0.25) is 0 Å². The molecule has 2 rings (SSSR count). The van der Waals surface area contributed by atoms with Crippen molar-refractivity contribution in [1.82, 2.24) is 5.32 Å². The zero-order valence-electron chi connectivity index (χ0n) is 13.3. The molecule has 0 saturated carbocycles. The number of hydrogen-bond acceptors (Lipinski definition) is 1. The fourth-order valence-electron chi connectivity index (χ4n) is 2.30. The lowest BCUT2D eigenvalue weighted by Gasteiger charge is -2.21. The van der Waals surface area contributed by atoms with Crippen LogP contribution in [0.25, 0.3) is 0 Å². The van der Waals surface area contributed by atoms with E-state index in [-0.39, 0.29) is 11.9 Å². The topological polar surface area (TPSA) is 33.5 Å². The second-order valence-electron chi connectivity index (χ2n) is 5.66. The number of halogens is 2. The van der Waals surface area contributed by atoms with Crippen LogP contribution < -0.4 is 10.2 Å². The van der Waals surface area contributed by atoms with E-state index in [0.29, 0.717) is 23.1 Å². The molecule has 2 aromatic carbocycles. The van der Waals surface area contributed by atoms with Crippen LogP contribution in [0, 0.1) is 0 Å². The minimum absolute atomic E-state index is 0.0181. The van der Waals surface area contributed by atoms with E-state index in [4.69, 9.17) is 23.2 Å². The highest BCUT2D eigenvalue weighted by Gasteiger charge is 2.22. The van der Waals surface area contributed by atoms with Crippen molar-refractivity contribution < 1.29 is 9.69 Å². The Morgan fingerprint density at radius 3 is 2.52 bits per heavy atom. The van der Waals surface area contributed by atoms with Crippen LogP contribution >= 0.6 is 23.2 Å². The molecule has 3 nitrogen and oxygen atoms in total. The van der Waals surface area contributed by atoms with Gasteiger partial charge in [0.1, 0.15) is 6.54 Å². The molecule has 122 valence electrons. The predicted octanol–water partition coefficient (Wildman–Crippen LogP) is 2.71. The van der Waals surface area contributed by atoms with Crippen molar-refractivity contribution in [2.75, 3.05) is 7.05 Å². The van der Waals surface area contributed by atoms with Crippen LogP contribution in [0.5, 0.6) is 0 Å². The molecule has 0 saturated heterocycles. The molecular weight excluding hydrogens is 331 g/mol. The molecular formula is C18H21Cl2N2O+. The van der Waals surface area contributed by atoms with Crippen molar-refractivity contribution in [3.05, 3.63) is 69.7 Å². The minimum atomic E-state index is -0.186. The highest BCUT2D eigenvalue weighted by atomic mass is 35.5. The lowest BCUT2D eigenvalue weighted by Crippen LogP contribution is -3.12. The molecule has 0 fully saturated rings. The lowest BCUT2D eigenvalue weighted by atomic mass is 10.1. The molecule has 5 heteroatoms. The molecule has 0 bridgehead atoms. The van der Waals surface area contributed by atoms with Crippen LogP contribution in [0.4, 0.5) is 0 Å². The van der Waals surface area contributed by atoms with Crippen LogP contribution in [0.2, 0.25) is 10.0 Å². The van der Waals surface area contributed by atoms with Crippen LogP contribution in [0.3, 0.4) is 0 Å². The molecule has 2 N–H and O–H groups in total. The molecule has 0 radical (unpaired) electrons. The standard InChI is InChI=1S/C18H20Cl2N2O/c1-13(18(23)21-11-14-7-4-3-5-8-14)22(2)12-15-9-6-10-16(19)17(15)20/h3-10,13H,11-12H2,1-2H3,(H,21,23)/p+1/t13-/m1/s1. The maximum absolute atomic E-state index is 12.3. The fourth-order valence-corrected chi connectivity index (χ4v) is 2.69. The second-order valence-corrected chi connectivity index (χ2v) is 6.45. The summed E-state index contributed by atoms with van der Waals surface area (Å²) in [5.41, 5.74) is 2.03. The van der Waals surface area contributed by atoms with Gasteiger partial charge in [-0.15, -0.1) is 0 Å². The van der Waals surface area contributed by atoms with Gasteiger partial charge in [-0.25, -0.2) is 0 Å². The molecule has 0 heterocycles. The molecule has 1 unspecified atom stereocenters. The molecule has 0 aliphatic rings. The third kappa shape index (κ3) is 4.96. The van der Waals surface area contributed by atoms with Gasteiger partial charge in [-0.05, 0) is 18.6 Å². The Hall–Kier alpha value is -1.55. The van der Waals surface area contributed by atoms with Crippen molar-refractivity contribution in [2.45, 2.75) is 26.1 Å². The summed E-state index contributed by atoms with van der Waals surface area (Å²) in [6.45, 7) is 3.09. The third-order valence-electron chi connectivity index (χ3n) is 3.94. The monoisotopic (exact) mass is 351 g/mol. The van der Waals surface area contributed by atoms with E-state index < -0.39 is 0 Å². The summed E-state index contributed by atoms with van der Waals surface area (Å²) in [5.74, 6) is 0.0181. The Bertz CT molecular complexity index is 661. The van der Waals surface area contributed by atoms with E-state index in [2.05, 4.69) is 5.32 Å². The lowest BCUT2D eigenvalue weighted by molar-refractivity contribution is -0.908. The predicted molar refractivity (Wildman–Crippen MR) is 94.8 cm³/mol. The van der Waals surface area contributed by atoms with Crippen LogP contribution in [0.1, 0.15) is 18.1 Å². The fraction of sp³-hybridized carbons (Fsp3) is 0.278. The van der Waals surface area contributed by atoms with Gasteiger partial charge in [0.15, 0.2) is 6.04 Å². The van der Waals surface area contributed by atoms with Gasteiger partial charge in [0.25, 0.3) is 5.91 Å². The van der Waals surface area contributed by atoms with E-state index in [9.17, 15) is 4.79 Å². The van der Waals surface area contributed by atoms with Crippen LogP contribution in [-0.4, -0.2) is 19.0 Å². The van der Waals surface area contributed by atoms with Crippen molar-refractivity contribution in [3.63, 3.8) is 0 Å². The Kier molecular flexibility index (Phi) is 6.46. The zero-order valence-corrected chi connectivity index (χ0v) is 14.8. The van der Waals surface area contributed by atoms with Gasteiger partial charge in [-0.1, -0.05) is 65.7 Å². The van der Waals surface area contributed by atoms with Crippen molar-refractivity contribution in [1.29, 1.82) is 0 Å². The largest absolute Gasteiger partial charge is 0.347 e. The first kappa shape index (κ1) is 17.8. The van der Waals surface area contributed by atoms with E-state index in [0.717, 1.165) is 16.0 Å². The SMILES string of the molecule is C[C@H](C(=O)NCc1ccccc1)[NH+](C)Cc1cccc(Cl)c1Cl. The molecule has 1 amide bonds. The summed E-state index contributed by atoms with van der Waals surface area (Å²) in [6.07, 6.45) is 0. The Morgan fingerprint density at radius 1 is 1.13 bits per heavy atom. The second kappa shape index (κ2) is 8.34. The van der Waals surface area contributed by atoms with E-state index in [1.807, 2.05) is 56.4 Å². The normalized spacial score (nSPS) is 13.4. The number of amides is 1. The molecule has 23 heavy (non-hydrogen) atoms. The van der Waals surface area contributed by atoms with Gasteiger partial charge in [0.05, 0.1) is 17.1 Å². The highest BCUT2D eigenvalue weighted by Crippen LogP contribution is 2.24. The third-order valence-corrected chi connectivity index (χ3v) is 4.80. The number of nitrogens with one attached hydrogen (secondary N) is 2. The first-order chi connectivity index (χ1) is 11.0. The minimum Gasteiger partial charge on any atom is -0.347 e. The number of carbonyl (C=O) groups excluding carboxylic acids is 1. The number of likely N-dealkylation sites (N-methyl/N-ethyl adjacent to an activating group) is 1. The summed E-state index contributed by atoms with van der Waals surface area (Å²) < 4.78 is 0. The highest BCUT2D eigenvalue weighted by molar-refractivity contribution is 6.42. The van der Waals surface area contributed by atoms with Gasteiger partial charge in [-0.2, -0.15) is 0 Å². The number of benzene rings is 2. The van der Waals surface area contributed by atoms with Gasteiger partial charge >= 0.3 is 0 Å². The molecule has 0 aliphatic heterocycles. The quantitative estimate of drug-likeness (QED) is 0.824. The molecule has 0 aromatic heterocycles. The maximum atomic E-state index is 12.3. The van der Waals surface area contributed by atoms with Crippen molar-refractivity contribution in [3.8, 4) is 0 Å². The van der Waals surface area contributed by atoms with Crippen LogP contribution in [0.15, 0.2) is 48.5 Å². The Morgan fingerprint density at radius 2 is 1.83 bits per heavy atom. The maximum Gasteiger partial charge on any atom is 0.278 e. The molecule has 0 aliphatic carbocycles. The van der Waals surface area contributed by atoms with Gasteiger partial charge < -0.3 is 10.2 Å². The Labute approximate surface area is 147 Å². The number of rotatable bonds is 6. The first-order valence-corrected chi connectivity index (χ1v) is 8.31. The molecule has 2 aromatic rings.